The molecule has 0 aromatic heterocycles. The smallest absolute Gasteiger partial charge is 0.213 e. The molecule has 1 aromatic rings. The van der Waals surface area contributed by atoms with Gasteiger partial charge in [0.05, 0.1) is 11.9 Å². The largest absolute Gasteiger partial charge is 0.377 e. The van der Waals surface area contributed by atoms with E-state index in [1.54, 1.807) is 7.05 Å². The Morgan fingerprint density at radius 2 is 2.04 bits per heavy atom. The Morgan fingerprint density at radius 3 is 2.67 bits per heavy atom. The highest BCUT2D eigenvalue weighted by Gasteiger charge is 2.18. The molecule has 2 N–H and O–H groups in total. The number of ether oxygens (including phenoxy) is 1. The summed E-state index contributed by atoms with van der Waals surface area (Å²) in [6.45, 7) is 4.13. The minimum Gasteiger partial charge on any atom is -0.377 e. The SMILES string of the molecule is CN=C(NCCS(=O)(=O)NCC1CCCCO1)N(C)Cc1ccc(C)cc1. The van der Waals surface area contributed by atoms with E-state index in [4.69, 9.17) is 4.74 Å². The van der Waals surface area contributed by atoms with Gasteiger partial charge in [0.1, 0.15) is 0 Å². The molecule has 0 amide bonds. The summed E-state index contributed by atoms with van der Waals surface area (Å²) < 4.78 is 32.6. The van der Waals surface area contributed by atoms with Gasteiger partial charge in [0, 0.05) is 40.3 Å². The van der Waals surface area contributed by atoms with Gasteiger partial charge in [-0.2, -0.15) is 0 Å². The van der Waals surface area contributed by atoms with E-state index in [0.29, 0.717) is 25.6 Å². The molecule has 1 atom stereocenters. The maximum atomic E-state index is 12.2. The molecule has 0 spiro atoms. The average molecular weight is 397 g/mol. The molecule has 1 aromatic carbocycles. The van der Waals surface area contributed by atoms with Crippen LogP contribution in [0.15, 0.2) is 29.3 Å². The fourth-order valence-electron chi connectivity index (χ4n) is 2.98. The molecule has 27 heavy (non-hydrogen) atoms. The van der Waals surface area contributed by atoms with E-state index in [0.717, 1.165) is 25.9 Å². The monoisotopic (exact) mass is 396 g/mol. The molecule has 1 aliphatic heterocycles. The highest BCUT2D eigenvalue weighted by molar-refractivity contribution is 7.89. The van der Waals surface area contributed by atoms with E-state index < -0.39 is 10.0 Å². The van der Waals surface area contributed by atoms with Crippen LogP contribution in [0.3, 0.4) is 0 Å². The number of hydrogen-bond donors (Lipinski definition) is 2. The van der Waals surface area contributed by atoms with Gasteiger partial charge in [-0.3, -0.25) is 4.99 Å². The van der Waals surface area contributed by atoms with Crippen LogP contribution < -0.4 is 10.0 Å². The third-order valence-corrected chi connectivity index (χ3v) is 5.92. The first-order valence-electron chi connectivity index (χ1n) is 9.46. The van der Waals surface area contributed by atoms with Crippen LogP contribution in [0.4, 0.5) is 0 Å². The van der Waals surface area contributed by atoms with Gasteiger partial charge in [0.15, 0.2) is 5.96 Å². The van der Waals surface area contributed by atoms with Crippen LogP contribution in [0.2, 0.25) is 0 Å². The molecule has 1 fully saturated rings. The molecule has 0 saturated carbocycles. The van der Waals surface area contributed by atoms with Crippen LogP contribution in [0.5, 0.6) is 0 Å². The number of aryl methyl sites for hydroxylation is 1. The molecule has 8 heteroatoms. The summed E-state index contributed by atoms with van der Waals surface area (Å²) in [7, 11) is 0.288. The average Bonchev–Trinajstić information content (AvgIpc) is 2.66. The number of nitrogens with one attached hydrogen (secondary N) is 2. The predicted molar refractivity (Wildman–Crippen MR) is 109 cm³/mol. The number of rotatable bonds is 8. The number of benzene rings is 1. The molecule has 152 valence electrons. The Balaban J connectivity index is 1.74. The summed E-state index contributed by atoms with van der Waals surface area (Å²) in [4.78, 5) is 6.21. The predicted octanol–water partition coefficient (Wildman–Crippen LogP) is 1.49. The van der Waals surface area contributed by atoms with Crippen LogP contribution in [0.25, 0.3) is 0 Å². The summed E-state index contributed by atoms with van der Waals surface area (Å²) in [5.74, 6) is 0.665. The zero-order chi connectivity index (χ0) is 19.7. The molecule has 0 aliphatic carbocycles. The molecular formula is C19H32N4O3S. The van der Waals surface area contributed by atoms with Crippen LogP contribution in [-0.2, 0) is 21.3 Å². The van der Waals surface area contributed by atoms with E-state index in [9.17, 15) is 8.42 Å². The van der Waals surface area contributed by atoms with Gasteiger partial charge in [-0.25, -0.2) is 13.1 Å². The second-order valence-electron chi connectivity index (χ2n) is 6.97. The number of hydrogen-bond acceptors (Lipinski definition) is 4. The maximum Gasteiger partial charge on any atom is 0.213 e. The topological polar surface area (TPSA) is 83.0 Å². The lowest BCUT2D eigenvalue weighted by Gasteiger charge is -2.23. The number of nitrogens with zero attached hydrogens (tertiary/aromatic N) is 2. The second-order valence-corrected chi connectivity index (χ2v) is 8.90. The number of sulfonamides is 1. The van der Waals surface area contributed by atoms with Gasteiger partial charge in [-0.1, -0.05) is 29.8 Å². The molecule has 0 bridgehead atoms. The minimum absolute atomic E-state index is 0.00287. The van der Waals surface area contributed by atoms with E-state index in [2.05, 4.69) is 46.2 Å². The van der Waals surface area contributed by atoms with Gasteiger partial charge in [-0.05, 0) is 31.7 Å². The maximum absolute atomic E-state index is 12.2. The van der Waals surface area contributed by atoms with Crippen molar-refractivity contribution < 1.29 is 13.2 Å². The van der Waals surface area contributed by atoms with Gasteiger partial charge in [0.2, 0.25) is 10.0 Å². The second kappa shape index (κ2) is 10.6. The summed E-state index contributed by atoms with van der Waals surface area (Å²) in [5, 5.41) is 3.12. The lowest BCUT2D eigenvalue weighted by atomic mass is 10.1. The third kappa shape index (κ3) is 7.86. The van der Waals surface area contributed by atoms with E-state index >= 15 is 0 Å². The van der Waals surface area contributed by atoms with Crippen molar-refractivity contribution in [3.05, 3.63) is 35.4 Å². The van der Waals surface area contributed by atoms with Crippen LogP contribution in [-0.4, -0.2) is 64.9 Å². The standard InChI is InChI=1S/C19H32N4O3S/c1-16-7-9-17(10-8-16)15-23(3)19(20-2)21-11-13-27(24,25)22-14-18-6-4-5-12-26-18/h7-10,18,22H,4-6,11-15H2,1-3H3,(H,20,21). The van der Waals surface area contributed by atoms with Crippen molar-refractivity contribution in [1.29, 1.82) is 0 Å². The van der Waals surface area contributed by atoms with Crippen molar-refractivity contribution in [3.63, 3.8) is 0 Å². The third-order valence-electron chi connectivity index (χ3n) is 4.57. The van der Waals surface area contributed by atoms with Crippen LogP contribution in [0.1, 0.15) is 30.4 Å². The van der Waals surface area contributed by atoms with Gasteiger partial charge >= 0.3 is 0 Å². The molecule has 7 nitrogen and oxygen atoms in total. The molecule has 1 saturated heterocycles. The van der Waals surface area contributed by atoms with E-state index in [1.807, 2.05) is 11.9 Å². The van der Waals surface area contributed by atoms with Crippen LogP contribution in [0, 0.1) is 6.92 Å². The first-order valence-corrected chi connectivity index (χ1v) is 11.1. The fraction of sp³-hybridized carbons (Fsp3) is 0.632. The molecular weight excluding hydrogens is 364 g/mol. The van der Waals surface area contributed by atoms with Crippen molar-refractivity contribution in [2.75, 3.05) is 39.5 Å². The highest BCUT2D eigenvalue weighted by atomic mass is 32.2. The molecule has 0 radical (unpaired) electrons. The van der Waals surface area contributed by atoms with Crippen molar-refractivity contribution in [2.45, 2.75) is 38.8 Å². The van der Waals surface area contributed by atoms with Gasteiger partial charge in [0.25, 0.3) is 0 Å². The Kier molecular flexibility index (Phi) is 8.53. The van der Waals surface area contributed by atoms with Crippen LogP contribution >= 0.6 is 0 Å². The Labute approximate surface area is 163 Å². The van der Waals surface area contributed by atoms with Crippen molar-refractivity contribution in [1.82, 2.24) is 14.9 Å². The molecule has 2 rings (SSSR count). The van der Waals surface area contributed by atoms with Crippen molar-refractivity contribution in [3.8, 4) is 0 Å². The highest BCUT2D eigenvalue weighted by Crippen LogP contribution is 2.11. The summed E-state index contributed by atoms with van der Waals surface area (Å²) in [6.07, 6.45) is 3.06. The quantitative estimate of drug-likeness (QED) is 0.514. The zero-order valence-electron chi connectivity index (χ0n) is 16.6. The first kappa shape index (κ1) is 21.7. The molecule has 1 unspecified atom stereocenters. The Hall–Kier alpha value is -1.64. The Bertz CT molecular complexity index is 698. The van der Waals surface area contributed by atoms with Gasteiger partial charge in [-0.15, -0.1) is 0 Å². The number of guanidine groups is 1. The van der Waals surface area contributed by atoms with Gasteiger partial charge < -0.3 is 15.0 Å². The summed E-state index contributed by atoms with van der Waals surface area (Å²) in [6, 6.07) is 8.32. The lowest BCUT2D eigenvalue weighted by molar-refractivity contribution is 0.0200. The summed E-state index contributed by atoms with van der Waals surface area (Å²) >= 11 is 0. The Morgan fingerprint density at radius 1 is 1.30 bits per heavy atom. The first-order chi connectivity index (χ1) is 12.9. The summed E-state index contributed by atoms with van der Waals surface area (Å²) in [5.41, 5.74) is 2.40. The van der Waals surface area contributed by atoms with Crippen molar-refractivity contribution >= 4 is 16.0 Å². The van der Waals surface area contributed by atoms with E-state index in [-0.39, 0.29) is 11.9 Å². The minimum atomic E-state index is -3.34. The van der Waals surface area contributed by atoms with E-state index in [1.165, 1.54) is 11.1 Å². The zero-order valence-corrected chi connectivity index (χ0v) is 17.4. The molecule has 1 aliphatic rings. The van der Waals surface area contributed by atoms with Crippen molar-refractivity contribution in [2.24, 2.45) is 4.99 Å². The molecule has 1 heterocycles. The number of aliphatic imine (C=N–C) groups is 1. The lowest BCUT2D eigenvalue weighted by Crippen LogP contribution is -2.43. The fourth-order valence-corrected chi connectivity index (χ4v) is 3.94. The normalized spacial score (nSPS) is 18.3.